The Labute approximate surface area is 187 Å². The minimum atomic E-state index is -0.0895. The molecule has 1 aliphatic rings. The van der Waals surface area contributed by atoms with Crippen molar-refractivity contribution in [2.75, 3.05) is 4.90 Å². The third-order valence-electron chi connectivity index (χ3n) is 5.60. The molecular formula is C25H23N5S. The summed E-state index contributed by atoms with van der Waals surface area (Å²) < 4.78 is 2.14. The lowest BCUT2D eigenvalue weighted by atomic mass is 10.0. The fourth-order valence-corrected chi connectivity index (χ4v) is 4.50. The molecule has 0 radical (unpaired) electrons. The summed E-state index contributed by atoms with van der Waals surface area (Å²) in [6.07, 6.45) is 5.77. The average molecular weight is 426 g/mol. The zero-order valence-corrected chi connectivity index (χ0v) is 18.3. The monoisotopic (exact) mass is 425 g/mol. The highest BCUT2D eigenvalue weighted by Gasteiger charge is 2.42. The van der Waals surface area contributed by atoms with Crippen LogP contribution in [-0.2, 0) is 0 Å². The van der Waals surface area contributed by atoms with Crippen LogP contribution in [0.1, 0.15) is 34.6 Å². The van der Waals surface area contributed by atoms with E-state index in [1.807, 2.05) is 43.6 Å². The molecule has 1 N–H and O–H groups in total. The zero-order valence-electron chi connectivity index (χ0n) is 17.4. The molecule has 4 aromatic rings. The molecule has 0 saturated carbocycles. The Bertz CT molecular complexity index is 1220. The summed E-state index contributed by atoms with van der Waals surface area (Å²) in [5.41, 5.74) is 5.44. The molecule has 1 aromatic carbocycles. The Morgan fingerprint density at radius 1 is 0.903 bits per heavy atom. The number of pyridine rings is 2. The third-order valence-corrected chi connectivity index (χ3v) is 5.92. The second kappa shape index (κ2) is 7.96. The first kappa shape index (κ1) is 19.5. The normalized spacial score (nSPS) is 18.3. The lowest BCUT2D eigenvalue weighted by Gasteiger charge is -2.29. The van der Waals surface area contributed by atoms with Gasteiger partial charge in [-0.1, -0.05) is 24.3 Å². The van der Waals surface area contributed by atoms with E-state index in [-0.39, 0.29) is 12.1 Å². The van der Waals surface area contributed by atoms with Gasteiger partial charge in [-0.15, -0.1) is 0 Å². The van der Waals surface area contributed by atoms with Crippen LogP contribution in [-0.4, -0.2) is 19.6 Å². The van der Waals surface area contributed by atoms with Gasteiger partial charge in [0.25, 0.3) is 0 Å². The van der Waals surface area contributed by atoms with Crippen LogP contribution in [0.25, 0.3) is 5.82 Å². The fraction of sp³-hybridized carbons (Fsp3) is 0.160. The summed E-state index contributed by atoms with van der Waals surface area (Å²) in [6.45, 7) is 4.14. The molecule has 0 bridgehead atoms. The minimum Gasteiger partial charge on any atom is -0.351 e. The van der Waals surface area contributed by atoms with Crippen molar-refractivity contribution in [1.82, 2.24) is 19.9 Å². The number of hydrogen-bond acceptors (Lipinski definition) is 3. The fourth-order valence-electron chi connectivity index (χ4n) is 4.16. The summed E-state index contributed by atoms with van der Waals surface area (Å²) in [5.74, 6) is 0.882. The maximum atomic E-state index is 5.83. The number of rotatable bonds is 4. The number of nitrogens with one attached hydrogen (secondary N) is 1. The number of aryl methyl sites for hydroxylation is 2. The van der Waals surface area contributed by atoms with Gasteiger partial charge in [-0.2, -0.15) is 0 Å². The van der Waals surface area contributed by atoms with E-state index in [1.54, 1.807) is 0 Å². The van der Waals surface area contributed by atoms with E-state index in [2.05, 4.69) is 80.3 Å². The Morgan fingerprint density at radius 3 is 2.55 bits per heavy atom. The Balaban J connectivity index is 1.67. The van der Waals surface area contributed by atoms with Crippen LogP contribution >= 0.6 is 12.2 Å². The quantitative estimate of drug-likeness (QED) is 0.463. The van der Waals surface area contributed by atoms with Gasteiger partial charge in [0.1, 0.15) is 11.9 Å². The number of aromatic nitrogens is 3. The van der Waals surface area contributed by atoms with E-state index in [9.17, 15) is 0 Å². The van der Waals surface area contributed by atoms with Crippen molar-refractivity contribution in [1.29, 1.82) is 0 Å². The first-order chi connectivity index (χ1) is 15.1. The van der Waals surface area contributed by atoms with Crippen LogP contribution in [0.2, 0.25) is 0 Å². The summed E-state index contributed by atoms with van der Waals surface area (Å²) in [5, 5.41) is 4.22. The molecule has 31 heavy (non-hydrogen) atoms. The summed E-state index contributed by atoms with van der Waals surface area (Å²) >= 11 is 5.83. The molecule has 6 heteroatoms. The van der Waals surface area contributed by atoms with Crippen molar-refractivity contribution in [2.24, 2.45) is 0 Å². The van der Waals surface area contributed by atoms with Gasteiger partial charge < -0.3 is 14.8 Å². The molecule has 5 nitrogen and oxygen atoms in total. The second-order valence-electron chi connectivity index (χ2n) is 7.83. The molecule has 0 spiro atoms. The van der Waals surface area contributed by atoms with Gasteiger partial charge in [0.05, 0.1) is 11.7 Å². The number of nitrogens with zero attached hydrogens (tertiary/aromatic N) is 4. The number of benzene rings is 1. The van der Waals surface area contributed by atoms with Crippen molar-refractivity contribution in [3.05, 3.63) is 108 Å². The van der Waals surface area contributed by atoms with Crippen LogP contribution in [0.4, 0.5) is 5.69 Å². The third kappa shape index (κ3) is 3.59. The van der Waals surface area contributed by atoms with Crippen molar-refractivity contribution < 1.29 is 0 Å². The maximum absolute atomic E-state index is 5.83. The van der Waals surface area contributed by atoms with Crippen LogP contribution in [0, 0.1) is 13.8 Å². The Morgan fingerprint density at radius 2 is 1.81 bits per heavy atom. The molecule has 0 unspecified atom stereocenters. The summed E-state index contributed by atoms with van der Waals surface area (Å²) in [4.78, 5) is 11.5. The maximum Gasteiger partial charge on any atom is 0.174 e. The predicted octanol–water partition coefficient (Wildman–Crippen LogP) is 5.06. The average Bonchev–Trinajstić information content (AvgIpc) is 3.39. The molecule has 154 valence electrons. The van der Waals surface area contributed by atoms with Crippen LogP contribution < -0.4 is 10.2 Å². The van der Waals surface area contributed by atoms with E-state index < -0.39 is 0 Å². The Kier molecular flexibility index (Phi) is 5.00. The van der Waals surface area contributed by atoms with Crippen molar-refractivity contribution >= 4 is 23.0 Å². The first-order valence-corrected chi connectivity index (χ1v) is 10.7. The molecule has 5 rings (SSSR count). The van der Waals surface area contributed by atoms with Gasteiger partial charge in [0.15, 0.2) is 5.11 Å². The number of thiocarbonyl (C=S) groups is 1. The van der Waals surface area contributed by atoms with Gasteiger partial charge in [-0.3, -0.25) is 4.98 Å². The van der Waals surface area contributed by atoms with Crippen LogP contribution in [0.15, 0.2) is 85.3 Å². The number of anilines is 1. The SMILES string of the molecule is Cc1ccc(-n2cccc2[C@H]2[C@H](c3ccccn3)NC(=S)N2c2cccc(C)c2)nc1. The molecule has 4 heterocycles. The minimum absolute atomic E-state index is 0.0812. The van der Waals surface area contributed by atoms with E-state index in [4.69, 9.17) is 12.2 Å². The van der Waals surface area contributed by atoms with Gasteiger partial charge in [0.2, 0.25) is 0 Å². The highest BCUT2D eigenvalue weighted by Crippen LogP contribution is 2.42. The molecule has 0 amide bonds. The standard InChI is InChI=1S/C25H23N5S/c1-17-7-5-8-19(15-17)30-24(23(28-25(30)31)20-9-3-4-13-26-20)21-10-6-14-29(21)22-12-11-18(2)16-27-22/h3-16,23-24H,1-2H3,(H,28,31)/t23-,24-/m0/s1. The lowest BCUT2D eigenvalue weighted by molar-refractivity contribution is 0.548. The van der Waals surface area contributed by atoms with E-state index >= 15 is 0 Å². The molecule has 3 aromatic heterocycles. The number of hydrogen-bond donors (Lipinski definition) is 1. The lowest BCUT2D eigenvalue weighted by Crippen LogP contribution is -2.30. The molecule has 0 aliphatic carbocycles. The van der Waals surface area contributed by atoms with Crippen molar-refractivity contribution in [3.63, 3.8) is 0 Å². The van der Waals surface area contributed by atoms with E-state index in [0.29, 0.717) is 5.11 Å². The summed E-state index contributed by atoms with van der Waals surface area (Å²) in [7, 11) is 0. The van der Waals surface area contributed by atoms with Crippen molar-refractivity contribution in [2.45, 2.75) is 25.9 Å². The first-order valence-electron chi connectivity index (χ1n) is 10.3. The molecular weight excluding hydrogens is 402 g/mol. The summed E-state index contributed by atoms with van der Waals surface area (Å²) in [6, 6.07) is 22.6. The van der Waals surface area contributed by atoms with E-state index in [1.165, 1.54) is 5.56 Å². The predicted molar refractivity (Wildman–Crippen MR) is 127 cm³/mol. The van der Waals surface area contributed by atoms with Crippen molar-refractivity contribution in [3.8, 4) is 5.82 Å². The Hall–Kier alpha value is -3.51. The van der Waals surface area contributed by atoms with Crippen LogP contribution in [0.3, 0.4) is 0 Å². The van der Waals surface area contributed by atoms with Crippen LogP contribution in [0.5, 0.6) is 0 Å². The van der Waals surface area contributed by atoms with Gasteiger partial charge in [-0.25, -0.2) is 4.98 Å². The topological polar surface area (TPSA) is 46.0 Å². The van der Waals surface area contributed by atoms with E-state index in [0.717, 1.165) is 28.5 Å². The van der Waals surface area contributed by atoms with Gasteiger partial charge in [-0.05, 0) is 79.7 Å². The smallest absolute Gasteiger partial charge is 0.174 e. The molecule has 2 atom stereocenters. The molecule has 1 aliphatic heterocycles. The van der Waals surface area contributed by atoms with Gasteiger partial charge >= 0.3 is 0 Å². The van der Waals surface area contributed by atoms with Gasteiger partial charge in [0, 0.05) is 30.0 Å². The highest BCUT2D eigenvalue weighted by atomic mass is 32.1. The largest absolute Gasteiger partial charge is 0.351 e. The zero-order chi connectivity index (χ0) is 21.4. The molecule has 1 saturated heterocycles. The molecule has 1 fully saturated rings. The second-order valence-corrected chi connectivity index (χ2v) is 8.22. The highest BCUT2D eigenvalue weighted by molar-refractivity contribution is 7.80.